The number of aromatic nitrogens is 2. The third kappa shape index (κ3) is 5.64. The second-order valence-electron chi connectivity index (χ2n) is 7.19. The molecule has 152 valence electrons. The quantitative estimate of drug-likeness (QED) is 0.366. The van der Waals surface area contributed by atoms with Crippen molar-refractivity contribution in [2.75, 3.05) is 25.3 Å². The van der Waals surface area contributed by atoms with Crippen LogP contribution >= 0.6 is 11.8 Å². The standard InChI is InChI=1S/C23H27N3O2S/c1-15(2)14-29-23-25-19(17-8-6-7-16(3)11-17)13-22(26-23)24-18-9-10-20(27-4)21(12-18)28-5/h6-13,15H,14H2,1-5H3,(H,24,25,26). The summed E-state index contributed by atoms with van der Waals surface area (Å²) in [6, 6.07) is 16.0. The molecule has 0 saturated heterocycles. The number of aryl methyl sites for hydroxylation is 1. The van der Waals surface area contributed by atoms with E-state index in [9.17, 15) is 0 Å². The van der Waals surface area contributed by atoms with Gasteiger partial charge in [0.2, 0.25) is 0 Å². The molecule has 1 aromatic heterocycles. The predicted octanol–water partition coefficient (Wildman–Crippen LogP) is 5.96. The minimum absolute atomic E-state index is 0.563. The van der Waals surface area contributed by atoms with Gasteiger partial charge in [-0.1, -0.05) is 49.4 Å². The fourth-order valence-corrected chi connectivity index (χ4v) is 3.62. The molecule has 0 amide bonds. The zero-order valence-electron chi connectivity index (χ0n) is 17.5. The molecular weight excluding hydrogens is 382 g/mol. The molecule has 0 fully saturated rings. The normalized spacial score (nSPS) is 10.8. The van der Waals surface area contributed by atoms with Crippen molar-refractivity contribution in [3.8, 4) is 22.8 Å². The van der Waals surface area contributed by atoms with Gasteiger partial charge < -0.3 is 14.8 Å². The Morgan fingerprint density at radius 3 is 2.45 bits per heavy atom. The molecule has 29 heavy (non-hydrogen) atoms. The van der Waals surface area contributed by atoms with Crippen molar-refractivity contribution in [2.45, 2.75) is 25.9 Å². The van der Waals surface area contributed by atoms with E-state index in [-0.39, 0.29) is 0 Å². The summed E-state index contributed by atoms with van der Waals surface area (Å²) in [6.07, 6.45) is 0. The Bertz CT molecular complexity index is 976. The predicted molar refractivity (Wildman–Crippen MR) is 121 cm³/mol. The van der Waals surface area contributed by atoms with Crippen LogP contribution in [0.2, 0.25) is 0 Å². The number of rotatable bonds is 8. The molecule has 6 heteroatoms. The number of nitrogens with zero attached hydrogens (tertiary/aromatic N) is 2. The molecule has 0 radical (unpaired) electrons. The van der Waals surface area contributed by atoms with Gasteiger partial charge in [-0.2, -0.15) is 0 Å². The number of thioether (sulfide) groups is 1. The summed E-state index contributed by atoms with van der Waals surface area (Å²) < 4.78 is 10.7. The van der Waals surface area contributed by atoms with Crippen LogP contribution in [-0.4, -0.2) is 29.9 Å². The Hall–Kier alpha value is -2.73. The van der Waals surface area contributed by atoms with Gasteiger partial charge in [-0.15, -0.1) is 0 Å². The second-order valence-corrected chi connectivity index (χ2v) is 8.18. The lowest BCUT2D eigenvalue weighted by atomic mass is 10.1. The van der Waals surface area contributed by atoms with E-state index in [1.807, 2.05) is 24.3 Å². The molecule has 0 unspecified atom stereocenters. The Morgan fingerprint density at radius 1 is 0.966 bits per heavy atom. The molecule has 0 spiro atoms. The van der Waals surface area contributed by atoms with Crippen molar-refractivity contribution in [1.82, 2.24) is 9.97 Å². The van der Waals surface area contributed by atoms with Gasteiger partial charge in [-0.3, -0.25) is 0 Å². The average Bonchev–Trinajstić information content (AvgIpc) is 2.72. The number of benzene rings is 2. The molecular formula is C23H27N3O2S. The SMILES string of the molecule is COc1ccc(Nc2cc(-c3cccc(C)c3)nc(SCC(C)C)n2)cc1OC. The van der Waals surface area contributed by atoms with Crippen LogP contribution in [0.5, 0.6) is 11.5 Å². The summed E-state index contributed by atoms with van der Waals surface area (Å²) in [4.78, 5) is 9.50. The molecule has 0 aliphatic rings. The van der Waals surface area contributed by atoms with Crippen LogP contribution in [0, 0.1) is 12.8 Å². The molecule has 2 aromatic carbocycles. The largest absolute Gasteiger partial charge is 0.493 e. The molecule has 0 bridgehead atoms. The molecule has 1 heterocycles. The van der Waals surface area contributed by atoms with Crippen molar-refractivity contribution in [3.05, 3.63) is 54.1 Å². The van der Waals surface area contributed by atoms with E-state index in [4.69, 9.17) is 19.4 Å². The smallest absolute Gasteiger partial charge is 0.190 e. The van der Waals surface area contributed by atoms with Crippen LogP contribution in [0.1, 0.15) is 19.4 Å². The van der Waals surface area contributed by atoms with E-state index in [2.05, 4.69) is 50.4 Å². The lowest BCUT2D eigenvalue weighted by molar-refractivity contribution is 0.355. The number of anilines is 2. The highest BCUT2D eigenvalue weighted by Gasteiger charge is 2.11. The number of hydrogen-bond donors (Lipinski definition) is 1. The summed E-state index contributed by atoms with van der Waals surface area (Å²) in [5.74, 6) is 3.63. The molecule has 0 saturated carbocycles. The summed E-state index contributed by atoms with van der Waals surface area (Å²) in [5, 5.41) is 4.15. The van der Waals surface area contributed by atoms with E-state index in [1.54, 1.807) is 26.0 Å². The highest BCUT2D eigenvalue weighted by Crippen LogP contribution is 2.32. The number of hydrogen-bond acceptors (Lipinski definition) is 6. The summed E-state index contributed by atoms with van der Waals surface area (Å²) in [5.41, 5.74) is 4.05. The first-order valence-corrected chi connectivity index (χ1v) is 10.5. The van der Waals surface area contributed by atoms with Gasteiger partial charge in [0, 0.05) is 29.1 Å². The Kier molecular flexibility index (Phi) is 6.99. The minimum Gasteiger partial charge on any atom is -0.493 e. The van der Waals surface area contributed by atoms with Crippen LogP contribution < -0.4 is 14.8 Å². The van der Waals surface area contributed by atoms with Gasteiger partial charge >= 0.3 is 0 Å². The fraction of sp³-hybridized carbons (Fsp3) is 0.304. The fourth-order valence-electron chi connectivity index (χ4n) is 2.81. The topological polar surface area (TPSA) is 56.3 Å². The third-order valence-corrected chi connectivity index (χ3v) is 5.50. The van der Waals surface area contributed by atoms with E-state index in [1.165, 1.54) is 5.56 Å². The zero-order valence-corrected chi connectivity index (χ0v) is 18.3. The van der Waals surface area contributed by atoms with Crippen molar-refractivity contribution in [3.63, 3.8) is 0 Å². The van der Waals surface area contributed by atoms with Crippen molar-refractivity contribution in [2.24, 2.45) is 5.92 Å². The Balaban J connectivity index is 1.96. The Labute approximate surface area is 176 Å². The highest BCUT2D eigenvalue weighted by molar-refractivity contribution is 7.99. The van der Waals surface area contributed by atoms with Crippen LogP contribution in [0.3, 0.4) is 0 Å². The highest BCUT2D eigenvalue weighted by atomic mass is 32.2. The maximum atomic E-state index is 5.41. The average molecular weight is 410 g/mol. The van der Waals surface area contributed by atoms with E-state index < -0.39 is 0 Å². The second kappa shape index (κ2) is 9.65. The van der Waals surface area contributed by atoms with E-state index >= 15 is 0 Å². The maximum absolute atomic E-state index is 5.41. The monoisotopic (exact) mass is 409 g/mol. The zero-order chi connectivity index (χ0) is 20.8. The van der Waals surface area contributed by atoms with Crippen LogP contribution in [0.4, 0.5) is 11.5 Å². The van der Waals surface area contributed by atoms with Crippen molar-refractivity contribution >= 4 is 23.3 Å². The number of nitrogens with one attached hydrogen (secondary N) is 1. The summed E-state index contributed by atoms with van der Waals surface area (Å²) in [6.45, 7) is 6.47. The molecule has 5 nitrogen and oxygen atoms in total. The molecule has 0 atom stereocenters. The first-order chi connectivity index (χ1) is 14.0. The minimum atomic E-state index is 0.563. The van der Waals surface area contributed by atoms with Gasteiger partial charge in [0.05, 0.1) is 19.9 Å². The maximum Gasteiger partial charge on any atom is 0.190 e. The van der Waals surface area contributed by atoms with Crippen LogP contribution in [0.15, 0.2) is 53.7 Å². The van der Waals surface area contributed by atoms with Gasteiger partial charge in [-0.05, 0) is 31.0 Å². The molecule has 3 rings (SSSR count). The van der Waals surface area contributed by atoms with Gasteiger partial charge in [0.1, 0.15) is 5.82 Å². The van der Waals surface area contributed by atoms with Crippen LogP contribution in [-0.2, 0) is 0 Å². The first kappa shape index (κ1) is 21.0. The lowest BCUT2D eigenvalue weighted by Gasteiger charge is -2.13. The van der Waals surface area contributed by atoms with Gasteiger partial charge in [0.25, 0.3) is 0 Å². The Morgan fingerprint density at radius 2 is 1.76 bits per heavy atom. The molecule has 0 aliphatic carbocycles. The van der Waals surface area contributed by atoms with E-state index in [0.717, 1.165) is 33.7 Å². The van der Waals surface area contributed by atoms with Crippen molar-refractivity contribution in [1.29, 1.82) is 0 Å². The van der Waals surface area contributed by atoms with E-state index in [0.29, 0.717) is 17.4 Å². The van der Waals surface area contributed by atoms with Crippen LogP contribution in [0.25, 0.3) is 11.3 Å². The summed E-state index contributed by atoms with van der Waals surface area (Å²) in [7, 11) is 3.25. The lowest BCUT2D eigenvalue weighted by Crippen LogP contribution is -2.01. The molecule has 3 aromatic rings. The first-order valence-electron chi connectivity index (χ1n) is 9.56. The van der Waals surface area contributed by atoms with Gasteiger partial charge in [-0.25, -0.2) is 9.97 Å². The molecule has 0 aliphatic heterocycles. The summed E-state index contributed by atoms with van der Waals surface area (Å²) >= 11 is 1.67. The van der Waals surface area contributed by atoms with Crippen molar-refractivity contribution < 1.29 is 9.47 Å². The third-order valence-electron chi connectivity index (χ3n) is 4.22. The number of methoxy groups -OCH3 is 2. The van der Waals surface area contributed by atoms with Gasteiger partial charge in [0.15, 0.2) is 16.7 Å². The molecule has 1 N–H and O–H groups in total. The number of ether oxygens (including phenoxy) is 2.